The Bertz CT molecular complexity index is 885. The fourth-order valence-corrected chi connectivity index (χ4v) is 3.52. The van der Waals surface area contributed by atoms with Gasteiger partial charge in [0.1, 0.15) is 6.04 Å². The molecule has 0 saturated carbocycles. The van der Waals surface area contributed by atoms with E-state index >= 15 is 0 Å². The highest BCUT2D eigenvalue weighted by atomic mass is 32.2. The number of aliphatic carboxylic acids is 1. The van der Waals surface area contributed by atoms with Gasteiger partial charge in [-0.1, -0.05) is 18.2 Å². The van der Waals surface area contributed by atoms with Gasteiger partial charge >= 0.3 is 5.97 Å². The third kappa shape index (κ3) is 6.22. The van der Waals surface area contributed by atoms with Gasteiger partial charge in [-0.3, -0.25) is 9.59 Å². The maximum atomic E-state index is 12.8. The molecule has 30 heavy (non-hydrogen) atoms. The van der Waals surface area contributed by atoms with Crippen molar-refractivity contribution in [2.24, 2.45) is 5.73 Å². The Morgan fingerprint density at radius 2 is 1.90 bits per heavy atom. The number of carboxylic acids is 1. The molecule has 0 spiro atoms. The van der Waals surface area contributed by atoms with Crippen molar-refractivity contribution in [3.63, 3.8) is 0 Å². The molecule has 9 nitrogen and oxygen atoms in total. The van der Waals surface area contributed by atoms with Crippen LogP contribution in [0.2, 0.25) is 0 Å². The van der Waals surface area contributed by atoms with Gasteiger partial charge < -0.3 is 31.6 Å². The number of rotatable bonds is 11. The summed E-state index contributed by atoms with van der Waals surface area (Å²) in [6, 6.07) is 4.17. The largest absolute Gasteiger partial charge is 0.480 e. The highest BCUT2D eigenvalue weighted by Crippen LogP contribution is 2.19. The Balaban J connectivity index is 2.23. The van der Waals surface area contributed by atoms with Crippen LogP contribution in [0.15, 0.2) is 30.5 Å². The first kappa shape index (κ1) is 23.7. The number of nitrogens with two attached hydrogens (primary N) is 1. The van der Waals surface area contributed by atoms with Gasteiger partial charge in [-0.05, 0) is 37.0 Å². The van der Waals surface area contributed by atoms with Crippen molar-refractivity contribution < 1.29 is 24.6 Å². The van der Waals surface area contributed by atoms with Crippen LogP contribution in [0.1, 0.15) is 18.9 Å². The Labute approximate surface area is 178 Å². The van der Waals surface area contributed by atoms with E-state index < -0.39 is 42.0 Å². The van der Waals surface area contributed by atoms with Crippen LogP contribution in [-0.4, -0.2) is 69.2 Å². The van der Waals surface area contributed by atoms with Crippen LogP contribution in [0.4, 0.5) is 0 Å². The van der Waals surface area contributed by atoms with Crippen molar-refractivity contribution in [3.8, 4) is 0 Å². The lowest BCUT2D eigenvalue weighted by molar-refractivity contribution is -0.145. The highest BCUT2D eigenvalue weighted by molar-refractivity contribution is 7.98. The molecule has 10 heteroatoms. The molecule has 7 N–H and O–H groups in total. The molecule has 0 saturated heterocycles. The number of aliphatic hydroxyl groups is 1. The summed E-state index contributed by atoms with van der Waals surface area (Å²) in [7, 11) is 0. The molecule has 0 aliphatic heterocycles. The van der Waals surface area contributed by atoms with Gasteiger partial charge in [-0.25, -0.2) is 4.79 Å². The summed E-state index contributed by atoms with van der Waals surface area (Å²) in [5.74, 6) is -1.88. The number of hydrogen-bond acceptors (Lipinski definition) is 6. The van der Waals surface area contributed by atoms with E-state index in [9.17, 15) is 24.6 Å². The van der Waals surface area contributed by atoms with Gasteiger partial charge in [-0.15, -0.1) is 0 Å². The van der Waals surface area contributed by atoms with Crippen molar-refractivity contribution in [2.45, 2.75) is 44.0 Å². The number of aliphatic hydroxyl groups excluding tert-OH is 1. The molecule has 0 aliphatic rings. The molecule has 0 radical (unpaired) electrons. The number of nitrogens with one attached hydrogen (secondary N) is 3. The van der Waals surface area contributed by atoms with E-state index in [1.54, 1.807) is 18.0 Å². The van der Waals surface area contributed by atoms with E-state index in [-0.39, 0.29) is 6.42 Å². The van der Waals surface area contributed by atoms with Crippen LogP contribution in [0.25, 0.3) is 10.9 Å². The van der Waals surface area contributed by atoms with E-state index in [4.69, 9.17) is 5.73 Å². The molecule has 1 aromatic heterocycles. The van der Waals surface area contributed by atoms with Gasteiger partial charge in [0.05, 0.1) is 12.1 Å². The maximum absolute atomic E-state index is 12.8. The fourth-order valence-electron chi connectivity index (χ4n) is 3.03. The number of H-pyrrole nitrogens is 1. The zero-order valence-electron chi connectivity index (χ0n) is 16.9. The molecule has 0 aliphatic carbocycles. The normalized spacial score (nSPS) is 15.2. The maximum Gasteiger partial charge on any atom is 0.328 e. The standard InChI is InChI=1S/C20H28N4O5S/c1-11(25)17(20(28)29)24-19(27)16(23-18(26)14(21)7-8-30-2)9-12-10-22-15-6-4-3-5-13(12)15/h3-6,10-11,14,16-17,22,25H,7-9,21H2,1-2H3,(H,23,26)(H,24,27)(H,28,29)/t11-,14+,16+,17+/m1/s1. The Morgan fingerprint density at radius 1 is 1.20 bits per heavy atom. The van der Waals surface area contributed by atoms with Gasteiger partial charge in [0.2, 0.25) is 11.8 Å². The predicted molar refractivity (Wildman–Crippen MR) is 116 cm³/mol. The first-order valence-corrected chi connectivity index (χ1v) is 10.9. The van der Waals surface area contributed by atoms with Gasteiger partial charge in [0.15, 0.2) is 6.04 Å². The van der Waals surface area contributed by atoms with Crippen molar-refractivity contribution >= 4 is 40.4 Å². The molecule has 2 amide bonds. The minimum atomic E-state index is -1.50. The third-order valence-corrected chi connectivity index (χ3v) is 5.39. The molecule has 0 bridgehead atoms. The number of carboxylic acid groups (broad SMARTS) is 1. The van der Waals surface area contributed by atoms with Crippen molar-refractivity contribution in [1.82, 2.24) is 15.6 Å². The molecule has 2 aromatic rings. The third-order valence-electron chi connectivity index (χ3n) is 4.75. The van der Waals surface area contributed by atoms with E-state index in [0.29, 0.717) is 12.2 Å². The van der Waals surface area contributed by atoms with Crippen molar-refractivity contribution in [1.29, 1.82) is 0 Å². The fraction of sp³-hybridized carbons (Fsp3) is 0.450. The second kappa shape index (κ2) is 11.0. The number of carbonyl (C=O) groups excluding carboxylic acids is 2. The molecule has 2 rings (SSSR count). The Hall–Kier alpha value is -2.56. The van der Waals surface area contributed by atoms with Crippen LogP contribution in [0, 0.1) is 0 Å². The van der Waals surface area contributed by atoms with Crippen LogP contribution in [0.5, 0.6) is 0 Å². The lowest BCUT2D eigenvalue weighted by Gasteiger charge is -2.24. The predicted octanol–water partition coefficient (Wildman–Crippen LogP) is 0.226. The second-order valence-corrected chi connectivity index (χ2v) is 8.06. The average Bonchev–Trinajstić information content (AvgIpc) is 3.11. The highest BCUT2D eigenvalue weighted by Gasteiger charge is 2.30. The van der Waals surface area contributed by atoms with E-state index in [2.05, 4.69) is 15.6 Å². The molecule has 4 atom stereocenters. The summed E-state index contributed by atoms with van der Waals surface area (Å²) in [4.78, 5) is 39.8. The van der Waals surface area contributed by atoms with Gasteiger partial charge in [0.25, 0.3) is 0 Å². The number of amides is 2. The van der Waals surface area contributed by atoms with Crippen LogP contribution >= 0.6 is 11.8 Å². The number of fused-ring (bicyclic) bond motifs is 1. The summed E-state index contributed by atoms with van der Waals surface area (Å²) in [5.41, 5.74) is 7.58. The minimum absolute atomic E-state index is 0.128. The Kier molecular flexibility index (Phi) is 8.70. The topological polar surface area (TPSA) is 158 Å². The minimum Gasteiger partial charge on any atom is -0.480 e. The number of benzene rings is 1. The lowest BCUT2D eigenvalue weighted by atomic mass is 10.0. The van der Waals surface area contributed by atoms with Crippen LogP contribution < -0.4 is 16.4 Å². The summed E-state index contributed by atoms with van der Waals surface area (Å²) >= 11 is 1.56. The summed E-state index contributed by atoms with van der Waals surface area (Å²) in [6.07, 6.45) is 2.91. The average molecular weight is 437 g/mol. The molecule has 0 unspecified atom stereocenters. The number of thioether (sulfide) groups is 1. The van der Waals surface area contributed by atoms with Gasteiger partial charge in [0, 0.05) is 23.5 Å². The zero-order valence-corrected chi connectivity index (χ0v) is 17.7. The molecule has 1 heterocycles. The first-order valence-electron chi connectivity index (χ1n) is 9.55. The molecular formula is C20H28N4O5S. The van der Waals surface area contributed by atoms with Crippen molar-refractivity contribution in [3.05, 3.63) is 36.0 Å². The Morgan fingerprint density at radius 3 is 2.53 bits per heavy atom. The molecule has 0 fully saturated rings. The lowest BCUT2D eigenvalue weighted by Crippen LogP contribution is -2.57. The summed E-state index contributed by atoms with van der Waals surface area (Å²) < 4.78 is 0. The monoisotopic (exact) mass is 436 g/mol. The van der Waals surface area contributed by atoms with Crippen molar-refractivity contribution in [2.75, 3.05) is 12.0 Å². The van der Waals surface area contributed by atoms with E-state index in [1.165, 1.54) is 6.92 Å². The second-order valence-electron chi connectivity index (χ2n) is 7.08. The molecule has 164 valence electrons. The number of aromatic amines is 1. The first-order chi connectivity index (χ1) is 14.2. The van der Waals surface area contributed by atoms with E-state index in [1.807, 2.05) is 30.5 Å². The van der Waals surface area contributed by atoms with Crippen LogP contribution in [-0.2, 0) is 20.8 Å². The zero-order chi connectivity index (χ0) is 22.3. The van der Waals surface area contributed by atoms with Gasteiger partial charge in [-0.2, -0.15) is 11.8 Å². The smallest absolute Gasteiger partial charge is 0.328 e. The molecular weight excluding hydrogens is 408 g/mol. The quantitative estimate of drug-likeness (QED) is 0.294. The number of para-hydroxylation sites is 1. The van der Waals surface area contributed by atoms with Crippen LogP contribution in [0.3, 0.4) is 0 Å². The van der Waals surface area contributed by atoms with E-state index in [0.717, 1.165) is 16.5 Å². The number of carbonyl (C=O) groups is 3. The SMILES string of the molecule is CSCC[C@H](N)C(=O)N[C@@H](Cc1c[nH]c2ccccc12)C(=O)N[C@H](C(=O)O)[C@@H](C)O. The number of aromatic nitrogens is 1. The summed E-state index contributed by atoms with van der Waals surface area (Å²) in [5, 5.41) is 24.8. The molecule has 1 aromatic carbocycles. The summed E-state index contributed by atoms with van der Waals surface area (Å²) in [6.45, 7) is 1.27. The number of hydrogen-bond donors (Lipinski definition) is 6.